The first kappa shape index (κ1) is 14.1. The van der Waals surface area contributed by atoms with Gasteiger partial charge in [0.15, 0.2) is 0 Å². The van der Waals surface area contributed by atoms with E-state index < -0.39 is 0 Å². The van der Waals surface area contributed by atoms with Crippen LogP contribution in [0.1, 0.15) is 19.8 Å². The molecule has 0 spiro atoms. The highest BCUT2D eigenvalue weighted by molar-refractivity contribution is 5.76. The summed E-state index contributed by atoms with van der Waals surface area (Å²) in [6.45, 7) is 2.98. The average molecular weight is 254 g/mol. The molecule has 1 amide bonds. The molecule has 1 rings (SSSR count). The van der Waals surface area contributed by atoms with Crippen LogP contribution in [-0.4, -0.2) is 52.0 Å². The Hall–Kier alpha value is -1.92. The van der Waals surface area contributed by atoms with Gasteiger partial charge in [0.2, 0.25) is 5.91 Å². The van der Waals surface area contributed by atoms with Crippen molar-refractivity contribution in [1.82, 2.24) is 19.9 Å². The fourth-order valence-electron chi connectivity index (χ4n) is 1.37. The molecule has 0 atom stereocenters. The van der Waals surface area contributed by atoms with Gasteiger partial charge in [0.05, 0.1) is 25.8 Å². The highest BCUT2D eigenvalue weighted by Crippen LogP contribution is 1.97. The Bertz CT molecular complexity index is 378. The number of carbonyl (C=O) groups is 2. The summed E-state index contributed by atoms with van der Waals surface area (Å²) in [5.74, 6) is -0.316. The lowest BCUT2D eigenvalue weighted by Gasteiger charge is -2.16. The Kier molecular flexibility index (Phi) is 5.83. The van der Waals surface area contributed by atoms with Crippen molar-refractivity contribution >= 4 is 11.9 Å². The topological polar surface area (TPSA) is 77.3 Å². The summed E-state index contributed by atoms with van der Waals surface area (Å²) in [5, 5.41) is 7.42. The largest absolute Gasteiger partial charge is 0.466 e. The molecule has 0 aliphatic rings. The number of rotatable bonds is 7. The van der Waals surface area contributed by atoms with Crippen molar-refractivity contribution in [3.05, 3.63) is 12.4 Å². The molecule has 0 radical (unpaired) electrons. The molecule has 1 heterocycles. The minimum atomic E-state index is -0.284. The summed E-state index contributed by atoms with van der Waals surface area (Å²) in [4.78, 5) is 24.4. The molecular weight excluding hydrogens is 236 g/mol. The van der Waals surface area contributed by atoms with Gasteiger partial charge in [0.1, 0.15) is 0 Å². The standard InChI is InChI=1S/C11H18N4O3/c1-3-18-11(17)5-7-14(2)10(16)4-8-15-9-6-12-13-15/h6,9H,3-5,7-8H2,1-2H3. The van der Waals surface area contributed by atoms with Gasteiger partial charge >= 0.3 is 5.97 Å². The Balaban J connectivity index is 2.22. The molecule has 0 N–H and O–H groups in total. The van der Waals surface area contributed by atoms with Crippen LogP contribution in [0.2, 0.25) is 0 Å². The first-order chi connectivity index (χ1) is 8.63. The summed E-state index contributed by atoms with van der Waals surface area (Å²) < 4.78 is 6.39. The molecule has 0 fully saturated rings. The second-order valence-electron chi connectivity index (χ2n) is 3.79. The van der Waals surface area contributed by atoms with Gasteiger partial charge in [0, 0.05) is 26.2 Å². The van der Waals surface area contributed by atoms with Crippen molar-refractivity contribution in [2.24, 2.45) is 0 Å². The van der Waals surface area contributed by atoms with Crippen molar-refractivity contribution < 1.29 is 14.3 Å². The van der Waals surface area contributed by atoms with Crippen LogP contribution in [0.5, 0.6) is 0 Å². The fourth-order valence-corrected chi connectivity index (χ4v) is 1.37. The normalized spacial score (nSPS) is 10.1. The monoisotopic (exact) mass is 254 g/mol. The average Bonchev–Trinajstić information content (AvgIpc) is 2.86. The molecule has 7 nitrogen and oxygen atoms in total. The number of aromatic nitrogens is 3. The minimum Gasteiger partial charge on any atom is -0.466 e. The lowest BCUT2D eigenvalue weighted by atomic mass is 10.3. The van der Waals surface area contributed by atoms with Crippen LogP contribution in [-0.2, 0) is 20.9 Å². The predicted octanol–water partition coefficient (Wildman–Crippen LogP) is 0.0798. The first-order valence-electron chi connectivity index (χ1n) is 5.87. The van der Waals surface area contributed by atoms with E-state index in [2.05, 4.69) is 10.3 Å². The Morgan fingerprint density at radius 3 is 2.78 bits per heavy atom. The van der Waals surface area contributed by atoms with Gasteiger partial charge in [-0.2, -0.15) is 0 Å². The number of carbonyl (C=O) groups excluding carboxylic acids is 2. The van der Waals surface area contributed by atoms with Gasteiger partial charge in [0.25, 0.3) is 0 Å². The Morgan fingerprint density at radius 1 is 1.39 bits per heavy atom. The highest BCUT2D eigenvalue weighted by Gasteiger charge is 2.11. The van der Waals surface area contributed by atoms with E-state index in [9.17, 15) is 9.59 Å². The molecule has 100 valence electrons. The maximum atomic E-state index is 11.7. The summed E-state index contributed by atoms with van der Waals surface area (Å²) in [5.41, 5.74) is 0. The molecule has 0 saturated heterocycles. The zero-order chi connectivity index (χ0) is 13.4. The second-order valence-corrected chi connectivity index (χ2v) is 3.79. The molecule has 0 aromatic carbocycles. The minimum absolute atomic E-state index is 0.0326. The van der Waals surface area contributed by atoms with Crippen LogP contribution >= 0.6 is 0 Å². The van der Waals surface area contributed by atoms with Crippen LogP contribution in [0.15, 0.2) is 12.4 Å². The van der Waals surface area contributed by atoms with Gasteiger partial charge in [-0.15, -0.1) is 5.10 Å². The van der Waals surface area contributed by atoms with Gasteiger partial charge in [-0.1, -0.05) is 5.21 Å². The number of nitrogens with zero attached hydrogens (tertiary/aromatic N) is 4. The van der Waals surface area contributed by atoms with Crippen molar-refractivity contribution in [2.45, 2.75) is 26.3 Å². The van der Waals surface area contributed by atoms with Gasteiger partial charge < -0.3 is 9.64 Å². The maximum absolute atomic E-state index is 11.7. The van der Waals surface area contributed by atoms with Gasteiger partial charge in [-0.3, -0.25) is 14.3 Å². The third-order valence-corrected chi connectivity index (χ3v) is 2.41. The summed E-state index contributed by atoms with van der Waals surface area (Å²) in [7, 11) is 1.67. The third kappa shape index (κ3) is 4.94. The SMILES string of the molecule is CCOC(=O)CCN(C)C(=O)CCn1ccnn1. The zero-order valence-electron chi connectivity index (χ0n) is 10.7. The molecule has 1 aromatic heterocycles. The maximum Gasteiger partial charge on any atom is 0.307 e. The van der Waals surface area contributed by atoms with E-state index in [-0.39, 0.29) is 18.3 Å². The fraction of sp³-hybridized carbons (Fsp3) is 0.636. The summed E-state index contributed by atoms with van der Waals surface area (Å²) in [6, 6.07) is 0. The second kappa shape index (κ2) is 7.41. The van der Waals surface area contributed by atoms with E-state index in [1.165, 1.54) is 4.90 Å². The van der Waals surface area contributed by atoms with Crippen molar-refractivity contribution in [2.75, 3.05) is 20.2 Å². The summed E-state index contributed by atoms with van der Waals surface area (Å²) in [6.07, 6.45) is 3.82. The van der Waals surface area contributed by atoms with Crippen molar-refractivity contribution in [3.63, 3.8) is 0 Å². The van der Waals surface area contributed by atoms with Gasteiger partial charge in [-0.05, 0) is 6.92 Å². The van der Waals surface area contributed by atoms with E-state index in [0.717, 1.165) is 0 Å². The molecule has 0 aliphatic carbocycles. The Morgan fingerprint density at radius 2 is 2.17 bits per heavy atom. The molecule has 0 saturated carbocycles. The lowest BCUT2D eigenvalue weighted by molar-refractivity contribution is -0.143. The molecule has 1 aromatic rings. The first-order valence-corrected chi connectivity index (χ1v) is 5.87. The Labute approximate surface area is 106 Å². The van der Waals surface area contributed by atoms with Crippen LogP contribution in [0.25, 0.3) is 0 Å². The van der Waals surface area contributed by atoms with E-state index in [4.69, 9.17) is 4.74 Å². The molecule has 7 heteroatoms. The number of hydrogen-bond donors (Lipinski definition) is 0. The van der Waals surface area contributed by atoms with E-state index >= 15 is 0 Å². The molecule has 0 bridgehead atoms. The van der Waals surface area contributed by atoms with E-state index in [1.54, 1.807) is 31.0 Å². The third-order valence-electron chi connectivity index (χ3n) is 2.41. The lowest BCUT2D eigenvalue weighted by Crippen LogP contribution is -2.30. The van der Waals surface area contributed by atoms with E-state index in [0.29, 0.717) is 26.1 Å². The number of hydrogen-bond acceptors (Lipinski definition) is 5. The van der Waals surface area contributed by atoms with E-state index in [1.807, 2.05) is 0 Å². The number of aryl methyl sites for hydroxylation is 1. The highest BCUT2D eigenvalue weighted by atomic mass is 16.5. The quantitative estimate of drug-likeness (QED) is 0.644. The molecule has 18 heavy (non-hydrogen) atoms. The van der Waals surface area contributed by atoms with Crippen LogP contribution in [0.4, 0.5) is 0 Å². The molecule has 0 unspecified atom stereocenters. The number of amides is 1. The predicted molar refractivity (Wildman–Crippen MR) is 63.5 cm³/mol. The van der Waals surface area contributed by atoms with Gasteiger partial charge in [-0.25, -0.2) is 0 Å². The molecular formula is C11H18N4O3. The number of esters is 1. The number of ether oxygens (including phenoxy) is 1. The van der Waals surface area contributed by atoms with Crippen LogP contribution in [0, 0.1) is 0 Å². The summed E-state index contributed by atoms with van der Waals surface area (Å²) >= 11 is 0. The van der Waals surface area contributed by atoms with Crippen LogP contribution < -0.4 is 0 Å². The van der Waals surface area contributed by atoms with Crippen LogP contribution in [0.3, 0.4) is 0 Å². The zero-order valence-corrected chi connectivity index (χ0v) is 10.7. The van der Waals surface area contributed by atoms with Crippen molar-refractivity contribution in [1.29, 1.82) is 0 Å². The van der Waals surface area contributed by atoms with Crippen molar-refractivity contribution in [3.8, 4) is 0 Å². The molecule has 0 aliphatic heterocycles. The smallest absolute Gasteiger partial charge is 0.307 e.